The Hall–Kier alpha value is -4.67. The molecule has 2 amide bonds. The van der Waals surface area contributed by atoms with Crippen molar-refractivity contribution in [2.45, 2.75) is 38.8 Å². The second-order valence-corrected chi connectivity index (χ2v) is 9.44. The number of anilines is 2. The van der Waals surface area contributed by atoms with Gasteiger partial charge in [-0.1, -0.05) is 0 Å². The molecule has 2 heterocycles. The lowest BCUT2D eigenvalue weighted by atomic mass is 10.1. The van der Waals surface area contributed by atoms with Crippen molar-refractivity contribution in [2.75, 3.05) is 57.2 Å². The van der Waals surface area contributed by atoms with Crippen LogP contribution in [0, 0.1) is 0 Å². The summed E-state index contributed by atoms with van der Waals surface area (Å²) in [5, 5.41) is 17.8. The van der Waals surface area contributed by atoms with Crippen molar-refractivity contribution in [3.8, 4) is 0 Å². The van der Waals surface area contributed by atoms with E-state index in [9.17, 15) is 24.3 Å². The van der Waals surface area contributed by atoms with Crippen molar-refractivity contribution in [1.29, 1.82) is 0 Å². The number of nitrogen functional groups attached to an aromatic ring is 1. The van der Waals surface area contributed by atoms with Gasteiger partial charge in [0.25, 0.3) is 11.5 Å². The highest BCUT2D eigenvalue weighted by Gasteiger charge is 2.21. The number of aromatic nitrogens is 4. The molecule has 0 aliphatic heterocycles. The summed E-state index contributed by atoms with van der Waals surface area (Å²) in [6, 6.07) is 5.10. The number of ether oxygens (including phenoxy) is 3. The molecule has 3 aromatic rings. The van der Waals surface area contributed by atoms with Crippen molar-refractivity contribution < 1.29 is 33.7 Å². The number of benzene rings is 1. The fourth-order valence-corrected chi connectivity index (χ4v) is 3.84. The number of nitrogens with one attached hydrogen (secondary N) is 4. The molecule has 44 heavy (non-hydrogen) atoms. The van der Waals surface area contributed by atoms with Crippen molar-refractivity contribution in [2.24, 2.45) is 0 Å². The zero-order valence-corrected chi connectivity index (χ0v) is 24.5. The first-order valence-electron chi connectivity index (χ1n) is 14.2. The zero-order valence-electron chi connectivity index (χ0n) is 24.5. The summed E-state index contributed by atoms with van der Waals surface area (Å²) in [5.41, 5.74) is 6.59. The fourth-order valence-electron chi connectivity index (χ4n) is 3.84. The molecular formula is C28H38N8O8. The van der Waals surface area contributed by atoms with E-state index in [4.69, 9.17) is 19.9 Å². The molecule has 16 heteroatoms. The summed E-state index contributed by atoms with van der Waals surface area (Å²) in [4.78, 5) is 63.2. The van der Waals surface area contributed by atoms with Gasteiger partial charge in [-0.05, 0) is 44.0 Å². The van der Waals surface area contributed by atoms with Crippen LogP contribution < -0.4 is 27.2 Å². The van der Waals surface area contributed by atoms with Gasteiger partial charge in [-0.3, -0.25) is 19.4 Å². The molecule has 0 aliphatic carbocycles. The first-order valence-corrected chi connectivity index (χ1v) is 14.2. The van der Waals surface area contributed by atoms with E-state index in [1.807, 2.05) is 6.92 Å². The van der Waals surface area contributed by atoms with Crippen LogP contribution in [0.3, 0.4) is 0 Å². The van der Waals surface area contributed by atoms with Crippen LogP contribution >= 0.6 is 0 Å². The Kier molecular flexibility index (Phi) is 13.9. The summed E-state index contributed by atoms with van der Waals surface area (Å²) in [6.45, 7) is 5.60. The van der Waals surface area contributed by atoms with Gasteiger partial charge in [-0.2, -0.15) is 4.98 Å². The number of carboxylic acids is 1. The van der Waals surface area contributed by atoms with Gasteiger partial charge in [0.05, 0.1) is 44.9 Å². The number of nitrogens with two attached hydrogens (primary N) is 1. The highest BCUT2D eigenvalue weighted by Crippen LogP contribution is 2.12. The largest absolute Gasteiger partial charge is 0.480 e. The Morgan fingerprint density at radius 1 is 1.02 bits per heavy atom. The van der Waals surface area contributed by atoms with Gasteiger partial charge in [0, 0.05) is 37.4 Å². The highest BCUT2D eigenvalue weighted by atomic mass is 16.5. The predicted octanol–water partition coefficient (Wildman–Crippen LogP) is 0.447. The van der Waals surface area contributed by atoms with Crippen LogP contribution in [0.25, 0.3) is 11.2 Å². The third-order valence-corrected chi connectivity index (χ3v) is 6.11. The number of rotatable bonds is 20. The smallest absolute Gasteiger partial charge is 0.326 e. The Morgan fingerprint density at radius 2 is 1.73 bits per heavy atom. The molecule has 0 fully saturated rings. The topological polar surface area (TPSA) is 233 Å². The first kappa shape index (κ1) is 33.8. The number of aliphatic carboxylic acids is 1. The Morgan fingerprint density at radius 3 is 2.43 bits per heavy atom. The van der Waals surface area contributed by atoms with E-state index in [-0.39, 0.29) is 48.0 Å². The van der Waals surface area contributed by atoms with E-state index in [1.54, 1.807) is 12.1 Å². The van der Waals surface area contributed by atoms with E-state index in [0.29, 0.717) is 64.0 Å². The second-order valence-electron chi connectivity index (χ2n) is 9.44. The molecule has 0 spiro atoms. The molecule has 0 aliphatic rings. The van der Waals surface area contributed by atoms with Crippen molar-refractivity contribution in [3.63, 3.8) is 0 Å². The minimum absolute atomic E-state index is 0.0491. The lowest BCUT2D eigenvalue weighted by Crippen LogP contribution is -2.41. The monoisotopic (exact) mass is 614 g/mol. The second kappa shape index (κ2) is 18.1. The molecule has 2 aromatic heterocycles. The molecular weight excluding hydrogens is 576 g/mol. The molecule has 0 saturated carbocycles. The molecule has 1 atom stereocenters. The number of hydrogen-bond donors (Lipinski definition) is 6. The third kappa shape index (κ3) is 11.5. The van der Waals surface area contributed by atoms with Crippen LogP contribution in [-0.4, -0.2) is 95.1 Å². The quantitative estimate of drug-likeness (QED) is 0.0950. The van der Waals surface area contributed by atoms with Gasteiger partial charge >= 0.3 is 5.97 Å². The number of carbonyl (C=O) groups is 3. The van der Waals surface area contributed by atoms with E-state index < -0.39 is 23.5 Å². The van der Waals surface area contributed by atoms with Crippen molar-refractivity contribution in [3.05, 3.63) is 52.1 Å². The van der Waals surface area contributed by atoms with E-state index in [1.165, 1.54) is 18.3 Å². The van der Waals surface area contributed by atoms with Gasteiger partial charge in [0.2, 0.25) is 11.9 Å². The van der Waals surface area contributed by atoms with Gasteiger partial charge in [0.1, 0.15) is 6.04 Å². The Bertz CT molecular complexity index is 1430. The molecule has 16 nitrogen and oxygen atoms in total. The summed E-state index contributed by atoms with van der Waals surface area (Å²) in [7, 11) is 0. The van der Waals surface area contributed by atoms with Gasteiger partial charge < -0.3 is 41.0 Å². The number of fused-ring (bicyclic) bond motifs is 1. The normalized spacial score (nSPS) is 11.7. The van der Waals surface area contributed by atoms with Crippen LogP contribution in [0.2, 0.25) is 0 Å². The first-order chi connectivity index (χ1) is 21.3. The number of carbonyl (C=O) groups excluding carboxylic acids is 2. The number of nitrogens with zero attached hydrogens (tertiary/aromatic N) is 3. The average molecular weight is 615 g/mol. The molecule has 7 N–H and O–H groups in total. The minimum atomic E-state index is -1.24. The highest BCUT2D eigenvalue weighted by molar-refractivity contribution is 5.97. The van der Waals surface area contributed by atoms with Gasteiger partial charge in [-0.25, -0.2) is 14.8 Å². The maximum absolute atomic E-state index is 12.7. The molecule has 0 unspecified atom stereocenters. The lowest BCUT2D eigenvalue weighted by molar-refractivity contribution is -0.139. The summed E-state index contributed by atoms with van der Waals surface area (Å²) < 4.78 is 15.9. The summed E-state index contributed by atoms with van der Waals surface area (Å²) in [6.07, 6.45) is 1.92. The van der Waals surface area contributed by atoms with Crippen molar-refractivity contribution >= 4 is 40.6 Å². The van der Waals surface area contributed by atoms with Crippen LogP contribution in [0.4, 0.5) is 11.6 Å². The number of carboxylic acid groups (broad SMARTS) is 1. The average Bonchev–Trinajstić information content (AvgIpc) is 3.01. The van der Waals surface area contributed by atoms with E-state index in [0.717, 1.165) is 0 Å². The number of amides is 2. The van der Waals surface area contributed by atoms with E-state index >= 15 is 0 Å². The lowest BCUT2D eigenvalue weighted by Gasteiger charge is -2.15. The molecule has 0 saturated heterocycles. The number of aromatic amines is 1. The Labute approximate surface area is 253 Å². The van der Waals surface area contributed by atoms with Crippen LogP contribution in [-0.2, 0) is 30.3 Å². The standard InChI is InChI=1S/C28H38N8O8/c1-2-42-12-13-44-15-14-43-11-3-10-30-22(37)9-8-21(27(40)41)34-25(38)18-4-6-19(7-5-18)31-16-20-17-32-24-23(33-20)26(39)36-28(29)35-24/h4-7,17,21,31H,2-3,8-16H2,1H3,(H,30,37)(H,34,38)(H,40,41)(H3,29,32,35,36,39)/t21-/m0/s1. The van der Waals surface area contributed by atoms with Gasteiger partial charge in [-0.15, -0.1) is 0 Å². The maximum atomic E-state index is 12.7. The molecule has 0 radical (unpaired) electrons. The minimum Gasteiger partial charge on any atom is -0.480 e. The third-order valence-electron chi connectivity index (χ3n) is 6.11. The predicted molar refractivity (Wildman–Crippen MR) is 160 cm³/mol. The van der Waals surface area contributed by atoms with Crippen molar-refractivity contribution in [1.82, 2.24) is 30.6 Å². The van der Waals surface area contributed by atoms with Crippen LogP contribution in [0.15, 0.2) is 35.3 Å². The molecule has 0 bridgehead atoms. The molecule has 1 aromatic carbocycles. The molecule has 3 rings (SSSR count). The number of hydrogen-bond acceptors (Lipinski definition) is 12. The summed E-state index contributed by atoms with van der Waals surface area (Å²) >= 11 is 0. The zero-order chi connectivity index (χ0) is 31.7. The Balaban J connectivity index is 1.36. The van der Waals surface area contributed by atoms with Crippen LogP contribution in [0.5, 0.6) is 0 Å². The maximum Gasteiger partial charge on any atom is 0.326 e. The summed E-state index contributed by atoms with van der Waals surface area (Å²) in [5.74, 6) is -2.20. The molecule has 238 valence electrons. The fraction of sp³-hybridized carbons (Fsp3) is 0.464. The SMILES string of the molecule is CCOCCOCCOCCCNC(=O)CC[C@H](NC(=O)c1ccc(NCc2cnc3nc(N)[nH]c(=O)c3n2)cc1)C(=O)O. The van der Waals surface area contributed by atoms with E-state index in [2.05, 4.69) is 35.9 Å². The van der Waals surface area contributed by atoms with Gasteiger partial charge in [0.15, 0.2) is 11.2 Å². The number of H-pyrrole nitrogens is 1. The van der Waals surface area contributed by atoms with Crippen LogP contribution in [0.1, 0.15) is 42.2 Å².